The van der Waals surface area contributed by atoms with Crippen LogP contribution < -0.4 is 9.47 Å². The van der Waals surface area contributed by atoms with E-state index < -0.39 is 0 Å². The Hall–Kier alpha value is -3.29. The number of carbonyl (C=O) groups excluding carboxylic acids is 1. The maximum atomic E-state index is 13.1. The standard InChI is InChI=1S/C29H29BrN2O4/c1-34-25-4-2-3-22(15-25)18-32-19-23(16-29(33)31-11-13-35-14-12-31)27-17-26(9-10-28(27)32)36-20-21-5-7-24(30)8-6-21/h2-10,15,17,19H,11-14,16,18,20H2,1H3. The number of benzene rings is 3. The van der Waals surface area contributed by atoms with Crippen LogP contribution in [0, 0.1) is 0 Å². The van der Waals surface area contributed by atoms with E-state index in [4.69, 9.17) is 14.2 Å². The van der Waals surface area contributed by atoms with Gasteiger partial charge in [0.2, 0.25) is 5.91 Å². The fourth-order valence-corrected chi connectivity index (χ4v) is 4.78. The van der Waals surface area contributed by atoms with E-state index in [-0.39, 0.29) is 5.91 Å². The second-order valence-electron chi connectivity index (χ2n) is 8.90. The highest BCUT2D eigenvalue weighted by Crippen LogP contribution is 2.29. The molecule has 1 amide bonds. The third-order valence-corrected chi connectivity index (χ3v) is 6.98. The van der Waals surface area contributed by atoms with Crippen LogP contribution in [0.4, 0.5) is 0 Å². The third kappa shape index (κ3) is 5.74. The lowest BCUT2D eigenvalue weighted by atomic mass is 10.1. The van der Waals surface area contributed by atoms with Crippen molar-refractivity contribution in [3.63, 3.8) is 0 Å². The number of fused-ring (bicyclic) bond motifs is 1. The number of morpholine rings is 1. The van der Waals surface area contributed by atoms with Gasteiger partial charge in [0.15, 0.2) is 0 Å². The lowest BCUT2D eigenvalue weighted by molar-refractivity contribution is -0.134. The Bertz CT molecular complexity index is 1340. The number of hydrogen-bond acceptors (Lipinski definition) is 4. The van der Waals surface area contributed by atoms with Gasteiger partial charge in [-0.2, -0.15) is 0 Å². The molecule has 0 spiro atoms. The number of halogens is 1. The Balaban J connectivity index is 1.43. The maximum Gasteiger partial charge on any atom is 0.227 e. The van der Waals surface area contributed by atoms with Gasteiger partial charge in [-0.05, 0) is 59.2 Å². The Labute approximate surface area is 219 Å². The van der Waals surface area contributed by atoms with Crippen LogP contribution in [0.2, 0.25) is 0 Å². The Morgan fingerprint density at radius 1 is 0.972 bits per heavy atom. The first-order valence-electron chi connectivity index (χ1n) is 12.1. The molecule has 0 aliphatic carbocycles. The molecule has 1 saturated heterocycles. The first kappa shape index (κ1) is 24.4. The first-order chi connectivity index (χ1) is 17.6. The molecule has 1 aliphatic rings. The highest BCUT2D eigenvalue weighted by atomic mass is 79.9. The minimum absolute atomic E-state index is 0.125. The predicted molar refractivity (Wildman–Crippen MR) is 144 cm³/mol. The van der Waals surface area contributed by atoms with E-state index in [9.17, 15) is 4.79 Å². The molecule has 1 fully saturated rings. The van der Waals surface area contributed by atoms with Crippen LogP contribution in [0.3, 0.4) is 0 Å². The second kappa shape index (κ2) is 11.2. The molecule has 0 unspecified atom stereocenters. The summed E-state index contributed by atoms with van der Waals surface area (Å²) in [5.41, 5.74) is 4.29. The van der Waals surface area contributed by atoms with Crippen molar-refractivity contribution in [2.24, 2.45) is 0 Å². The van der Waals surface area contributed by atoms with Crippen LogP contribution >= 0.6 is 15.9 Å². The molecule has 1 aliphatic heterocycles. The van der Waals surface area contributed by atoms with E-state index in [1.165, 1.54) is 0 Å². The number of aromatic nitrogens is 1. The molecular formula is C29H29BrN2O4. The molecule has 7 heteroatoms. The van der Waals surface area contributed by atoms with E-state index in [0.29, 0.717) is 45.9 Å². The first-order valence-corrected chi connectivity index (χ1v) is 12.9. The molecule has 2 heterocycles. The minimum atomic E-state index is 0.125. The average Bonchev–Trinajstić information content (AvgIpc) is 3.24. The fourth-order valence-electron chi connectivity index (χ4n) is 4.51. The van der Waals surface area contributed by atoms with Gasteiger partial charge in [-0.15, -0.1) is 0 Å². The van der Waals surface area contributed by atoms with Crippen molar-refractivity contribution in [2.45, 2.75) is 19.6 Å². The molecule has 0 bridgehead atoms. The van der Waals surface area contributed by atoms with Crippen molar-refractivity contribution >= 4 is 32.7 Å². The summed E-state index contributed by atoms with van der Waals surface area (Å²) in [7, 11) is 1.68. The number of hydrogen-bond donors (Lipinski definition) is 0. The summed E-state index contributed by atoms with van der Waals surface area (Å²) in [6.45, 7) is 3.63. The molecule has 186 valence electrons. The van der Waals surface area contributed by atoms with Crippen LogP contribution in [0.15, 0.2) is 77.4 Å². The Morgan fingerprint density at radius 3 is 2.56 bits per heavy atom. The summed E-state index contributed by atoms with van der Waals surface area (Å²) in [6.07, 6.45) is 2.44. The average molecular weight is 549 g/mol. The summed E-state index contributed by atoms with van der Waals surface area (Å²) >= 11 is 3.47. The van der Waals surface area contributed by atoms with E-state index >= 15 is 0 Å². The lowest BCUT2D eigenvalue weighted by Gasteiger charge is -2.26. The molecule has 5 rings (SSSR count). The zero-order chi connectivity index (χ0) is 24.9. The van der Waals surface area contributed by atoms with Crippen molar-refractivity contribution in [2.75, 3.05) is 33.4 Å². The summed E-state index contributed by atoms with van der Waals surface area (Å²) in [5.74, 6) is 1.74. The van der Waals surface area contributed by atoms with Crippen molar-refractivity contribution in [1.29, 1.82) is 0 Å². The predicted octanol–water partition coefficient (Wildman–Crippen LogP) is 5.44. The normalized spacial score (nSPS) is 13.7. The Kier molecular flexibility index (Phi) is 7.58. The molecular weight excluding hydrogens is 520 g/mol. The molecule has 0 atom stereocenters. The van der Waals surface area contributed by atoms with Crippen LogP contribution in [-0.4, -0.2) is 48.8 Å². The van der Waals surface area contributed by atoms with Crippen molar-refractivity contribution in [3.8, 4) is 11.5 Å². The van der Waals surface area contributed by atoms with Gasteiger partial charge < -0.3 is 23.7 Å². The second-order valence-corrected chi connectivity index (χ2v) is 9.81. The number of carbonyl (C=O) groups is 1. The molecule has 1 aromatic heterocycles. The lowest BCUT2D eigenvalue weighted by Crippen LogP contribution is -2.41. The van der Waals surface area contributed by atoms with Gasteiger partial charge in [0.1, 0.15) is 18.1 Å². The minimum Gasteiger partial charge on any atom is -0.497 e. The molecule has 3 aromatic carbocycles. The summed E-state index contributed by atoms with van der Waals surface area (Å²) in [4.78, 5) is 15.0. The number of ether oxygens (including phenoxy) is 3. The van der Waals surface area contributed by atoms with Gasteiger partial charge in [0.05, 0.1) is 26.7 Å². The van der Waals surface area contributed by atoms with Crippen LogP contribution in [0.1, 0.15) is 16.7 Å². The third-order valence-electron chi connectivity index (χ3n) is 6.45. The molecule has 36 heavy (non-hydrogen) atoms. The van der Waals surface area contributed by atoms with Gasteiger partial charge >= 0.3 is 0 Å². The fraction of sp³-hybridized carbons (Fsp3) is 0.276. The van der Waals surface area contributed by atoms with Gasteiger partial charge in [-0.3, -0.25) is 4.79 Å². The zero-order valence-corrected chi connectivity index (χ0v) is 21.9. The Morgan fingerprint density at radius 2 is 1.78 bits per heavy atom. The van der Waals surface area contributed by atoms with Crippen LogP contribution in [0.25, 0.3) is 10.9 Å². The molecule has 0 radical (unpaired) electrons. The highest BCUT2D eigenvalue weighted by molar-refractivity contribution is 9.10. The van der Waals surface area contributed by atoms with Gasteiger partial charge in [-0.1, -0.05) is 40.2 Å². The van der Waals surface area contributed by atoms with Gasteiger partial charge in [0, 0.05) is 41.2 Å². The topological polar surface area (TPSA) is 52.9 Å². The number of amides is 1. The zero-order valence-electron chi connectivity index (χ0n) is 20.3. The van der Waals surface area contributed by atoms with E-state index in [0.717, 1.165) is 43.6 Å². The van der Waals surface area contributed by atoms with E-state index in [1.54, 1.807) is 7.11 Å². The smallest absolute Gasteiger partial charge is 0.227 e. The summed E-state index contributed by atoms with van der Waals surface area (Å²) < 4.78 is 20.2. The SMILES string of the molecule is COc1cccc(Cn2cc(CC(=O)N3CCOCC3)c3cc(OCc4ccc(Br)cc4)ccc32)c1. The maximum absolute atomic E-state index is 13.1. The number of methoxy groups -OCH3 is 1. The highest BCUT2D eigenvalue weighted by Gasteiger charge is 2.20. The van der Waals surface area contributed by atoms with Crippen LogP contribution in [-0.2, 0) is 29.1 Å². The van der Waals surface area contributed by atoms with Gasteiger partial charge in [-0.25, -0.2) is 0 Å². The summed E-state index contributed by atoms with van der Waals surface area (Å²) in [5, 5.41) is 1.04. The molecule has 6 nitrogen and oxygen atoms in total. The number of rotatable bonds is 8. The van der Waals surface area contributed by atoms with Crippen molar-refractivity contribution in [3.05, 3.63) is 94.1 Å². The van der Waals surface area contributed by atoms with E-state index in [1.807, 2.05) is 53.4 Å². The summed E-state index contributed by atoms with van der Waals surface area (Å²) in [6, 6.07) is 22.3. The molecule has 0 N–H and O–H groups in total. The quantitative estimate of drug-likeness (QED) is 0.294. The largest absolute Gasteiger partial charge is 0.497 e. The van der Waals surface area contributed by atoms with Crippen molar-refractivity contribution < 1.29 is 19.0 Å². The van der Waals surface area contributed by atoms with Gasteiger partial charge in [0.25, 0.3) is 0 Å². The van der Waals surface area contributed by atoms with Crippen LogP contribution in [0.5, 0.6) is 11.5 Å². The number of nitrogens with zero attached hydrogens (tertiary/aromatic N) is 2. The van der Waals surface area contributed by atoms with Crippen molar-refractivity contribution in [1.82, 2.24) is 9.47 Å². The van der Waals surface area contributed by atoms with E-state index in [2.05, 4.69) is 44.9 Å². The molecule has 0 saturated carbocycles. The monoisotopic (exact) mass is 548 g/mol. The molecule has 4 aromatic rings.